The second kappa shape index (κ2) is 5.08. The lowest BCUT2D eigenvalue weighted by Crippen LogP contribution is -2.11. The predicted molar refractivity (Wildman–Crippen MR) is 62.5 cm³/mol. The summed E-state index contributed by atoms with van der Waals surface area (Å²) in [5.41, 5.74) is 0.621. The van der Waals surface area contributed by atoms with Crippen LogP contribution >= 0.6 is 7.60 Å². The monoisotopic (exact) mass is 258 g/mol. The lowest BCUT2D eigenvalue weighted by molar-refractivity contribution is 0.146. The van der Waals surface area contributed by atoms with Gasteiger partial charge in [-0.15, -0.1) is 0 Å². The Morgan fingerprint density at radius 3 is 2.59 bits per heavy atom. The molecule has 1 aromatic carbocycles. The van der Waals surface area contributed by atoms with E-state index in [-0.39, 0.29) is 17.7 Å². The third-order valence-electron chi connectivity index (χ3n) is 2.59. The van der Waals surface area contributed by atoms with Gasteiger partial charge in [-0.3, -0.25) is 4.57 Å². The van der Waals surface area contributed by atoms with Crippen LogP contribution in [0.5, 0.6) is 11.5 Å². The van der Waals surface area contributed by atoms with E-state index >= 15 is 0 Å². The Morgan fingerprint density at radius 2 is 1.94 bits per heavy atom. The summed E-state index contributed by atoms with van der Waals surface area (Å²) in [6.07, 6.45) is 1.39. The van der Waals surface area contributed by atoms with Gasteiger partial charge in [-0.05, 0) is 24.5 Å². The first kappa shape index (κ1) is 12.4. The highest BCUT2D eigenvalue weighted by molar-refractivity contribution is 7.53. The second-order valence-electron chi connectivity index (χ2n) is 3.92. The Morgan fingerprint density at radius 1 is 1.24 bits per heavy atom. The molecule has 1 aliphatic heterocycles. The van der Waals surface area contributed by atoms with Crippen LogP contribution in [0.25, 0.3) is 0 Å². The number of aromatic hydroxyl groups is 2. The van der Waals surface area contributed by atoms with Crippen molar-refractivity contribution in [3.8, 4) is 11.5 Å². The summed E-state index contributed by atoms with van der Waals surface area (Å²) in [7, 11) is -2.98. The number of phenolic OH excluding ortho intramolecular Hbond substituents is 2. The van der Waals surface area contributed by atoms with Crippen molar-refractivity contribution in [2.75, 3.05) is 19.4 Å². The Kier molecular flexibility index (Phi) is 3.72. The third kappa shape index (κ3) is 3.22. The van der Waals surface area contributed by atoms with Crippen molar-refractivity contribution in [1.29, 1.82) is 0 Å². The van der Waals surface area contributed by atoms with Crippen molar-refractivity contribution in [2.45, 2.75) is 12.8 Å². The van der Waals surface area contributed by atoms with Crippen molar-refractivity contribution in [1.82, 2.24) is 0 Å². The van der Waals surface area contributed by atoms with Crippen LogP contribution in [-0.4, -0.2) is 29.6 Å². The fraction of sp³-hybridized carbons (Fsp3) is 0.455. The van der Waals surface area contributed by atoms with E-state index in [0.717, 1.165) is 6.42 Å². The summed E-state index contributed by atoms with van der Waals surface area (Å²) in [5, 5.41) is 18.7. The van der Waals surface area contributed by atoms with Crippen LogP contribution in [0.1, 0.15) is 12.0 Å². The van der Waals surface area contributed by atoms with E-state index in [1.165, 1.54) is 12.1 Å². The zero-order valence-electron chi connectivity index (χ0n) is 9.33. The molecule has 1 fully saturated rings. The molecule has 1 aromatic rings. The van der Waals surface area contributed by atoms with Gasteiger partial charge in [0, 0.05) is 6.07 Å². The molecule has 0 bridgehead atoms. The van der Waals surface area contributed by atoms with Crippen LogP contribution in [-0.2, 0) is 20.0 Å². The molecule has 0 aromatic heterocycles. The molecular formula is C11H15O5P. The molecule has 2 N–H and O–H groups in total. The molecule has 5 nitrogen and oxygen atoms in total. The predicted octanol–water partition coefficient (Wildman–Crippen LogP) is 2.27. The van der Waals surface area contributed by atoms with Gasteiger partial charge in [0.1, 0.15) is 11.5 Å². The van der Waals surface area contributed by atoms with Gasteiger partial charge in [-0.1, -0.05) is 6.07 Å². The second-order valence-corrected chi connectivity index (χ2v) is 6.10. The van der Waals surface area contributed by atoms with E-state index in [1.54, 1.807) is 6.07 Å². The number of hydrogen-bond donors (Lipinski definition) is 2. The standard InChI is InChI=1S/C11H15O5P/c12-10-3-2-9(11(13)8-10)4-7-17(14)15-5-1-6-16-17/h2-3,8,12-13H,1,4-7H2. The molecule has 0 spiro atoms. The Labute approximate surface area is 99.5 Å². The van der Waals surface area contributed by atoms with Crippen molar-refractivity contribution in [3.05, 3.63) is 23.8 Å². The summed E-state index contributed by atoms with van der Waals surface area (Å²) in [5.74, 6) is -0.00309. The molecule has 0 unspecified atom stereocenters. The van der Waals surface area contributed by atoms with Gasteiger partial charge in [0.05, 0.1) is 19.4 Å². The number of benzene rings is 1. The van der Waals surface area contributed by atoms with Gasteiger partial charge in [-0.2, -0.15) is 0 Å². The molecule has 0 atom stereocenters. The van der Waals surface area contributed by atoms with Gasteiger partial charge < -0.3 is 19.3 Å². The molecule has 0 amide bonds. The highest BCUT2D eigenvalue weighted by Gasteiger charge is 2.27. The molecular weight excluding hydrogens is 243 g/mol. The molecule has 0 aliphatic carbocycles. The summed E-state index contributed by atoms with van der Waals surface area (Å²) >= 11 is 0. The Balaban J connectivity index is 1.99. The maximum absolute atomic E-state index is 12.0. The average Bonchev–Trinajstić information content (AvgIpc) is 2.29. The molecule has 2 rings (SSSR count). The maximum atomic E-state index is 12.0. The minimum absolute atomic E-state index is 0.00282. The van der Waals surface area contributed by atoms with Crippen LogP contribution in [0.15, 0.2) is 18.2 Å². The first-order valence-electron chi connectivity index (χ1n) is 5.48. The first-order chi connectivity index (χ1) is 8.09. The SMILES string of the molecule is O=P1(CCc2ccc(O)cc2O)OCCCO1. The van der Waals surface area contributed by atoms with E-state index < -0.39 is 7.60 Å². The van der Waals surface area contributed by atoms with Gasteiger partial charge in [0.2, 0.25) is 0 Å². The summed E-state index contributed by atoms with van der Waals surface area (Å²) in [6.45, 7) is 0.914. The summed E-state index contributed by atoms with van der Waals surface area (Å²) in [4.78, 5) is 0. The van der Waals surface area contributed by atoms with Crippen LogP contribution < -0.4 is 0 Å². The topological polar surface area (TPSA) is 76.0 Å². The third-order valence-corrected chi connectivity index (χ3v) is 4.51. The molecule has 17 heavy (non-hydrogen) atoms. The van der Waals surface area contributed by atoms with Crippen molar-refractivity contribution >= 4 is 7.60 Å². The quantitative estimate of drug-likeness (QED) is 0.813. The lowest BCUT2D eigenvalue weighted by atomic mass is 10.1. The number of rotatable bonds is 3. The van der Waals surface area contributed by atoms with Gasteiger partial charge in [-0.25, -0.2) is 0 Å². The zero-order valence-corrected chi connectivity index (χ0v) is 10.2. The van der Waals surface area contributed by atoms with Gasteiger partial charge >= 0.3 is 7.60 Å². The molecule has 1 aliphatic rings. The molecule has 1 saturated heterocycles. The normalized spacial score (nSPS) is 19.1. The van der Waals surface area contributed by atoms with Crippen molar-refractivity contribution in [2.24, 2.45) is 0 Å². The summed E-state index contributed by atoms with van der Waals surface area (Å²) < 4.78 is 22.3. The van der Waals surface area contributed by atoms with Gasteiger partial charge in [0.25, 0.3) is 0 Å². The van der Waals surface area contributed by atoms with Crippen LogP contribution in [0.4, 0.5) is 0 Å². The van der Waals surface area contributed by atoms with Crippen molar-refractivity contribution in [3.63, 3.8) is 0 Å². The molecule has 94 valence electrons. The summed E-state index contributed by atoms with van der Waals surface area (Å²) in [6, 6.07) is 4.34. The van der Waals surface area contributed by atoms with E-state index in [0.29, 0.717) is 25.2 Å². The minimum Gasteiger partial charge on any atom is -0.508 e. The number of phenols is 2. The fourth-order valence-corrected chi connectivity index (χ4v) is 3.32. The van der Waals surface area contributed by atoms with Crippen LogP contribution in [0, 0.1) is 0 Å². The molecule has 6 heteroatoms. The van der Waals surface area contributed by atoms with E-state index in [9.17, 15) is 9.67 Å². The molecule has 0 radical (unpaired) electrons. The molecule has 1 heterocycles. The number of aryl methyl sites for hydroxylation is 1. The Bertz CT molecular complexity index is 435. The Hall–Kier alpha value is -1.03. The van der Waals surface area contributed by atoms with Crippen molar-refractivity contribution < 1.29 is 23.8 Å². The van der Waals surface area contributed by atoms with Crippen LogP contribution in [0.3, 0.4) is 0 Å². The minimum atomic E-state index is -2.98. The van der Waals surface area contributed by atoms with E-state index in [2.05, 4.69) is 0 Å². The van der Waals surface area contributed by atoms with Crippen LogP contribution in [0.2, 0.25) is 0 Å². The fourth-order valence-electron chi connectivity index (χ4n) is 1.65. The maximum Gasteiger partial charge on any atom is 0.331 e. The smallest absolute Gasteiger partial charge is 0.331 e. The zero-order chi connectivity index (χ0) is 12.3. The highest BCUT2D eigenvalue weighted by Crippen LogP contribution is 2.51. The molecule has 0 saturated carbocycles. The van der Waals surface area contributed by atoms with E-state index in [4.69, 9.17) is 14.2 Å². The number of hydrogen-bond acceptors (Lipinski definition) is 5. The highest BCUT2D eigenvalue weighted by atomic mass is 31.2. The van der Waals surface area contributed by atoms with E-state index in [1.807, 2.05) is 0 Å². The first-order valence-corrected chi connectivity index (χ1v) is 7.21. The lowest BCUT2D eigenvalue weighted by Gasteiger charge is -2.22. The average molecular weight is 258 g/mol. The van der Waals surface area contributed by atoms with Gasteiger partial charge in [0.15, 0.2) is 0 Å². The largest absolute Gasteiger partial charge is 0.508 e.